The molecule has 5 heteroatoms. The van der Waals surface area contributed by atoms with Gasteiger partial charge in [-0.15, -0.1) is 0 Å². The number of amides is 1. The Morgan fingerprint density at radius 1 is 1.06 bits per heavy atom. The van der Waals surface area contributed by atoms with Gasteiger partial charge in [0.1, 0.15) is 0 Å². The first kappa shape index (κ1) is 21.3. The minimum atomic E-state index is 0.221. The van der Waals surface area contributed by atoms with Crippen LogP contribution in [0.4, 0.5) is 0 Å². The lowest BCUT2D eigenvalue weighted by Crippen LogP contribution is -2.54. The number of thioether (sulfide) groups is 1. The smallest absolute Gasteiger partial charge is 0.233 e. The van der Waals surface area contributed by atoms with Crippen LogP contribution in [0, 0.1) is 16.7 Å². The highest BCUT2D eigenvalue weighted by atomic mass is 32.2. The summed E-state index contributed by atoms with van der Waals surface area (Å²) in [4.78, 5) is 20.3. The van der Waals surface area contributed by atoms with Gasteiger partial charge >= 0.3 is 0 Å². The summed E-state index contributed by atoms with van der Waals surface area (Å²) in [5.41, 5.74) is 3.60. The summed E-state index contributed by atoms with van der Waals surface area (Å²) in [5, 5.41) is 0.856. The number of carbonyl (C=O) groups is 1. The second-order valence-corrected chi connectivity index (χ2v) is 11.0. The molecule has 1 aliphatic heterocycles. The molecule has 0 N–H and O–H groups in total. The normalized spacial score (nSPS) is 24.0. The zero-order valence-corrected chi connectivity index (χ0v) is 19.9. The number of benzene rings is 2. The monoisotopic (exact) mass is 445 g/mol. The number of hydrogen-bond acceptors (Lipinski definition) is 3. The van der Waals surface area contributed by atoms with Gasteiger partial charge in [-0.1, -0.05) is 81.1 Å². The third-order valence-electron chi connectivity index (χ3n) is 8.06. The summed E-state index contributed by atoms with van der Waals surface area (Å²) in [5.74, 6) is 1.25. The number of imidazole rings is 1. The molecule has 4 nitrogen and oxygen atoms in total. The largest absolute Gasteiger partial charge is 0.341 e. The molecule has 2 atom stereocenters. The molecule has 0 spiro atoms. The maximum atomic E-state index is 13.2. The van der Waals surface area contributed by atoms with E-state index in [1.807, 2.05) is 36.4 Å². The van der Waals surface area contributed by atoms with Gasteiger partial charge < -0.3 is 4.90 Å². The van der Waals surface area contributed by atoms with Crippen LogP contribution in [0.3, 0.4) is 0 Å². The molecule has 1 saturated heterocycles. The molecule has 2 fully saturated rings. The van der Waals surface area contributed by atoms with Crippen LogP contribution in [0.25, 0.3) is 16.9 Å². The first-order valence-electron chi connectivity index (χ1n) is 11.5. The first-order valence-corrected chi connectivity index (χ1v) is 12.5. The van der Waals surface area contributed by atoms with Gasteiger partial charge in [0, 0.05) is 30.5 Å². The lowest BCUT2D eigenvalue weighted by atomic mass is 9.63. The Morgan fingerprint density at radius 3 is 2.44 bits per heavy atom. The van der Waals surface area contributed by atoms with Crippen LogP contribution in [0.2, 0.25) is 0 Å². The van der Waals surface area contributed by atoms with Crippen molar-refractivity contribution in [1.29, 1.82) is 0 Å². The Morgan fingerprint density at radius 2 is 1.75 bits per heavy atom. The summed E-state index contributed by atoms with van der Waals surface area (Å²) in [7, 11) is 0. The molecule has 32 heavy (non-hydrogen) atoms. The van der Waals surface area contributed by atoms with Gasteiger partial charge in [-0.05, 0) is 41.7 Å². The van der Waals surface area contributed by atoms with Gasteiger partial charge in [0.25, 0.3) is 0 Å². The fourth-order valence-corrected chi connectivity index (χ4v) is 6.31. The molecular formula is C27H31N3OS. The van der Waals surface area contributed by atoms with Gasteiger partial charge in [-0.3, -0.25) is 9.36 Å². The lowest BCUT2D eigenvalue weighted by molar-refractivity contribution is -0.136. The van der Waals surface area contributed by atoms with E-state index in [0.29, 0.717) is 17.1 Å². The van der Waals surface area contributed by atoms with Crippen molar-refractivity contribution in [2.75, 3.05) is 18.8 Å². The molecular weight excluding hydrogens is 414 g/mol. The second-order valence-electron chi connectivity index (χ2n) is 10.1. The van der Waals surface area contributed by atoms with Crippen molar-refractivity contribution in [3.05, 3.63) is 66.9 Å². The maximum absolute atomic E-state index is 13.2. The Hall–Kier alpha value is -2.53. The third kappa shape index (κ3) is 3.66. The number of para-hydroxylation sites is 1. The fourth-order valence-electron chi connectivity index (χ4n) is 5.42. The number of likely N-dealkylation sites (tertiary alicyclic amines) is 1. The van der Waals surface area contributed by atoms with Crippen LogP contribution < -0.4 is 0 Å². The number of piperidine rings is 1. The van der Waals surface area contributed by atoms with Crippen molar-refractivity contribution in [3.8, 4) is 16.9 Å². The number of aromatic nitrogens is 2. The van der Waals surface area contributed by atoms with E-state index in [4.69, 9.17) is 4.98 Å². The molecule has 1 aromatic heterocycles. The van der Waals surface area contributed by atoms with Crippen LogP contribution in [-0.4, -0.2) is 39.2 Å². The zero-order chi connectivity index (χ0) is 22.3. The number of carbonyl (C=O) groups excluding carboxylic acids is 1. The van der Waals surface area contributed by atoms with Crippen LogP contribution in [-0.2, 0) is 4.79 Å². The molecule has 1 aliphatic carbocycles. The Kier molecular flexibility index (Phi) is 5.40. The summed E-state index contributed by atoms with van der Waals surface area (Å²) >= 11 is 1.54. The molecule has 2 heterocycles. The van der Waals surface area contributed by atoms with E-state index in [0.717, 1.165) is 35.2 Å². The Labute approximate surface area is 195 Å². The summed E-state index contributed by atoms with van der Waals surface area (Å²) in [6, 6.07) is 20.4. The summed E-state index contributed by atoms with van der Waals surface area (Å²) in [6.45, 7) is 8.92. The van der Waals surface area contributed by atoms with E-state index in [-0.39, 0.29) is 11.3 Å². The molecule has 166 valence electrons. The molecule has 5 rings (SSSR count). The minimum Gasteiger partial charge on any atom is -0.341 e. The van der Waals surface area contributed by atoms with E-state index in [9.17, 15) is 4.79 Å². The number of nitrogens with zero attached hydrogens (tertiary/aromatic N) is 3. The quantitative estimate of drug-likeness (QED) is 0.458. The maximum Gasteiger partial charge on any atom is 0.233 e. The van der Waals surface area contributed by atoms with E-state index in [2.05, 4.69) is 60.7 Å². The molecule has 2 unspecified atom stereocenters. The van der Waals surface area contributed by atoms with Crippen molar-refractivity contribution in [2.24, 2.45) is 16.7 Å². The Balaban J connectivity index is 1.36. The van der Waals surface area contributed by atoms with E-state index in [1.165, 1.54) is 12.8 Å². The van der Waals surface area contributed by atoms with Crippen molar-refractivity contribution < 1.29 is 4.79 Å². The van der Waals surface area contributed by atoms with E-state index < -0.39 is 0 Å². The van der Waals surface area contributed by atoms with E-state index >= 15 is 0 Å². The van der Waals surface area contributed by atoms with Crippen molar-refractivity contribution in [2.45, 2.75) is 38.8 Å². The summed E-state index contributed by atoms with van der Waals surface area (Å²) < 4.78 is 2.10. The highest BCUT2D eigenvalue weighted by molar-refractivity contribution is 7.99. The van der Waals surface area contributed by atoms with Gasteiger partial charge in [-0.25, -0.2) is 4.98 Å². The molecule has 2 aromatic carbocycles. The van der Waals surface area contributed by atoms with Gasteiger partial charge in [0.05, 0.1) is 11.4 Å². The van der Waals surface area contributed by atoms with Crippen LogP contribution in [0.1, 0.15) is 33.6 Å². The zero-order valence-electron chi connectivity index (χ0n) is 19.1. The average Bonchev–Trinajstić information content (AvgIpc) is 3.25. The predicted octanol–water partition coefficient (Wildman–Crippen LogP) is 5.92. The standard InChI is InChI=1S/C27H31N3OS/c1-26(2)21-14-15-27(26,3)19-29(16-21)24(31)18-32-25-28-23(20-10-6-4-7-11-20)17-30(25)22-12-8-5-9-13-22/h4-13,17,21H,14-16,18-19H2,1-3H3. The number of fused-ring (bicyclic) bond motifs is 2. The minimum absolute atomic E-state index is 0.221. The summed E-state index contributed by atoms with van der Waals surface area (Å²) in [6.07, 6.45) is 4.53. The fraction of sp³-hybridized carbons (Fsp3) is 0.407. The highest BCUT2D eigenvalue weighted by Crippen LogP contribution is 2.59. The lowest BCUT2D eigenvalue weighted by Gasteiger charge is -2.50. The molecule has 2 aliphatic rings. The van der Waals surface area contributed by atoms with Crippen molar-refractivity contribution >= 4 is 17.7 Å². The van der Waals surface area contributed by atoms with Gasteiger partial charge in [0.2, 0.25) is 5.91 Å². The van der Waals surface area contributed by atoms with E-state index in [1.54, 1.807) is 11.8 Å². The molecule has 2 bridgehead atoms. The van der Waals surface area contributed by atoms with Crippen molar-refractivity contribution in [1.82, 2.24) is 14.5 Å². The van der Waals surface area contributed by atoms with Gasteiger partial charge in [0.15, 0.2) is 5.16 Å². The molecule has 1 amide bonds. The molecule has 0 radical (unpaired) electrons. The number of rotatable bonds is 5. The highest BCUT2D eigenvalue weighted by Gasteiger charge is 2.56. The van der Waals surface area contributed by atoms with Gasteiger partial charge in [-0.2, -0.15) is 0 Å². The predicted molar refractivity (Wildman–Crippen MR) is 131 cm³/mol. The van der Waals surface area contributed by atoms with Crippen molar-refractivity contribution in [3.63, 3.8) is 0 Å². The van der Waals surface area contributed by atoms with Crippen LogP contribution in [0.5, 0.6) is 0 Å². The second kappa shape index (κ2) is 8.11. The third-order valence-corrected chi connectivity index (χ3v) is 8.99. The average molecular weight is 446 g/mol. The first-order chi connectivity index (χ1) is 15.4. The molecule has 1 saturated carbocycles. The Bertz CT molecular complexity index is 1110. The SMILES string of the molecule is CC12CCC(CN(C(=O)CSc3nc(-c4ccccc4)cn3-c3ccccc3)C1)C2(C)C. The number of hydrogen-bond donors (Lipinski definition) is 0. The molecule has 3 aromatic rings. The van der Waals surface area contributed by atoms with Crippen LogP contribution >= 0.6 is 11.8 Å². The topological polar surface area (TPSA) is 38.1 Å². The van der Waals surface area contributed by atoms with Crippen LogP contribution in [0.15, 0.2) is 72.0 Å².